The fourth-order valence-electron chi connectivity index (χ4n) is 4.11. The summed E-state index contributed by atoms with van der Waals surface area (Å²) in [5, 5.41) is 23.5. The Bertz CT molecular complexity index is 1320. The van der Waals surface area contributed by atoms with E-state index in [9.17, 15) is 14.7 Å². The summed E-state index contributed by atoms with van der Waals surface area (Å²) in [5.74, 6) is -1.62. The number of rotatable bonds is 10. The Labute approximate surface area is 213 Å². The van der Waals surface area contributed by atoms with Gasteiger partial charge in [-0.05, 0) is 48.6 Å². The molecule has 1 heterocycles. The second kappa shape index (κ2) is 11.8. The van der Waals surface area contributed by atoms with Gasteiger partial charge in [-0.1, -0.05) is 71.4 Å². The van der Waals surface area contributed by atoms with Crippen molar-refractivity contribution in [1.29, 1.82) is 0 Å². The van der Waals surface area contributed by atoms with Crippen LogP contribution in [0, 0.1) is 5.92 Å². The van der Waals surface area contributed by atoms with Gasteiger partial charge in [0.15, 0.2) is 0 Å². The first-order chi connectivity index (χ1) is 17.5. The highest BCUT2D eigenvalue weighted by Crippen LogP contribution is 2.23. The van der Waals surface area contributed by atoms with Crippen molar-refractivity contribution >= 4 is 34.5 Å². The zero-order valence-corrected chi connectivity index (χ0v) is 20.5. The number of esters is 1. The fourth-order valence-corrected chi connectivity index (χ4v) is 4.36. The van der Waals surface area contributed by atoms with Crippen molar-refractivity contribution in [3.63, 3.8) is 0 Å². The first-order valence-electron chi connectivity index (χ1n) is 11.7. The molecule has 4 aromatic rings. The number of H-pyrrole nitrogens is 1. The summed E-state index contributed by atoms with van der Waals surface area (Å²) in [7, 11) is 0. The number of aliphatic hydroxyl groups excluding tert-OH is 1. The molecule has 0 saturated heterocycles. The molecule has 1 amide bonds. The zero-order valence-electron chi connectivity index (χ0n) is 19.8. The third kappa shape index (κ3) is 6.08. The van der Waals surface area contributed by atoms with Gasteiger partial charge in [-0.15, -0.1) is 5.10 Å². The predicted molar refractivity (Wildman–Crippen MR) is 138 cm³/mol. The molecule has 9 heteroatoms. The van der Waals surface area contributed by atoms with E-state index < -0.39 is 17.9 Å². The van der Waals surface area contributed by atoms with E-state index in [-0.39, 0.29) is 25.5 Å². The highest BCUT2D eigenvalue weighted by Gasteiger charge is 2.26. The molecule has 3 aromatic carbocycles. The lowest BCUT2D eigenvalue weighted by molar-refractivity contribution is -0.149. The van der Waals surface area contributed by atoms with Crippen LogP contribution >= 0.6 is 11.6 Å². The number of hydrogen-bond donors (Lipinski definition) is 3. The number of ether oxygens (including phenoxy) is 1. The van der Waals surface area contributed by atoms with Crippen LogP contribution in [0.15, 0.2) is 66.7 Å². The van der Waals surface area contributed by atoms with E-state index >= 15 is 0 Å². The van der Waals surface area contributed by atoms with Crippen LogP contribution in [0.4, 0.5) is 0 Å². The molecule has 0 spiro atoms. The van der Waals surface area contributed by atoms with Crippen molar-refractivity contribution < 1.29 is 19.4 Å². The fraction of sp³-hybridized carbons (Fsp3) is 0.259. The van der Waals surface area contributed by atoms with Gasteiger partial charge in [0, 0.05) is 11.6 Å². The topological polar surface area (TPSA) is 117 Å². The Morgan fingerprint density at radius 2 is 1.81 bits per heavy atom. The van der Waals surface area contributed by atoms with Crippen molar-refractivity contribution in [3.05, 3.63) is 82.9 Å². The molecule has 0 aliphatic heterocycles. The van der Waals surface area contributed by atoms with Crippen molar-refractivity contribution in [3.8, 4) is 11.1 Å². The Hall–Kier alpha value is -3.75. The van der Waals surface area contributed by atoms with Crippen LogP contribution < -0.4 is 5.32 Å². The zero-order chi connectivity index (χ0) is 25.5. The van der Waals surface area contributed by atoms with Crippen LogP contribution in [0.1, 0.15) is 29.3 Å². The Morgan fingerprint density at radius 3 is 2.50 bits per heavy atom. The summed E-state index contributed by atoms with van der Waals surface area (Å²) in [6.07, 6.45) is 0.668. The molecular formula is C27H27ClN4O4. The van der Waals surface area contributed by atoms with Gasteiger partial charge in [0.05, 0.1) is 29.7 Å². The number of carbonyl (C=O) groups is 2. The van der Waals surface area contributed by atoms with Crippen molar-refractivity contribution in [2.24, 2.45) is 5.92 Å². The van der Waals surface area contributed by atoms with Crippen LogP contribution in [0.25, 0.3) is 22.2 Å². The molecule has 36 heavy (non-hydrogen) atoms. The molecular weight excluding hydrogens is 480 g/mol. The first kappa shape index (κ1) is 25.3. The van der Waals surface area contributed by atoms with E-state index in [0.29, 0.717) is 28.0 Å². The summed E-state index contributed by atoms with van der Waals surface area (Å²) in [5.41, 5.74) is 4.52. The summed E-state index contributed by atoms with van der Waals surface area (Å²) in [6, 6.07) is 20.8. The lowest BCUT2D eigenvalue weighted by atomic mass is 9.94. The summed E-state index contributed by atoms with van der Waals surface area (Å²) in [6.45, 7) is 1.55. The molecule has 2 unspecified atom stereocenters. The van der Waals surface area contributed by atoms with Crippen LogP contribution in [-0.2, 0) is 16.0 Å². The van der Waals surface area contributed by atoms with Gasteiger partial charge in [-0.2, -0.15) is 0 Å². The van der Waals surface area contributed by atoms with Gasteiger partial charge in [0.2, 0.25) is 0 Å². The largest absolute Gasteiger partial charge is 0.466 e. The van der Waals surface area contributed by atoms with Gasteiger partial charge in [-0.3, -0.25) is 14.7 Å². The number of halogens is 1. The van der Waals surface area contributed by atoms with Crippen LogP contribution in [0.5, 0.6) is 0 Å². The third-order valence-corrected chi connectivity index (χ3v) is 6.22. The third-order valence-electron chi connectivity index (χ3n) is 5.93. The highest BCUT2D eigenvalue weighted by atomic mass is 35.5. The highest BCUT2D eigenvalue weighted by molar-refractivity contribution is 6.35. The number of aromatic amines is 1. The van der Waals surface area contributed by atoms with Gasteiger partial charge in [-0.25, -0.2) is 0 Å². The van der Waals surface area contributed by atoms with Crippen molar-refractivity contribution in [2.75, 3.05) is 13.2 Å². The smallest absolute Gasteiger partial charge is 0.311 e. The number of aliphatic hydroxyl groups is 1. The monoisotopic (exact) mass is 506 g/mol. The lowest BCUT2D eigenvalue weighted by Gasteiger charge is -2.23. The molecule has 0 aliphatic carbocycles. The molecule has 0 radical (unpaired) electrons. The van der Waals surface area contributed by atoms with Gasteiger partial charge >= 0.3 is 5.97 Å². The van der Waals surface area contributed by atoms with E-state index in [1.807, 2.05) is 54.6 Å². The van der Waals surface area contributed by atoms with Crippen LogP contribution in [-0.4, -0.2) is 51.6 Å². The van der Waals surface area contributed by atoms with E-state index in [2.05, 4.69) is 20.7 Å². The molecule has 1 aromatic heterocycles. The van der Waals surface area contributed by atoms with Crippen LogP contribution in [0.2, 0.25) is 5.02 Å². The molecule has 4 rings (SSSR count). The van der Waals surface area contributed by atoms with Crippen molar-refractivity contribution in [2.45, 2.75) is 25.8 Å². The molecule has 2 atom stereocenters. The lowest BCUT2D eigenvalue weighted by Crippen LogP contribution is -2.40. The number of benzene rings is 3. The number of fused-ring (bicyclic) bond motifs is 1. The number of nitrogens with one attached hydrogen (secondary N) is 2. The number of carbonyl (C=O) groups excluding carboxylic acids is 2. The van der Waals surface area contributed by atoms with Gasteiger partial charge in [0.1, 0.15) is 5.52 Å². The van der Waals surface area contributed by atoms with Crippen LogP contribution in [0.3, 0.4) is 0 Å². The minimum atomic E-state index is -0.762. The van der Waals surface area contributed by atoms with E-state index in [1.54, 1.807) is 13.0 Å². The standard InChI is InChI=1S/C27H27ClN4O4/c1-2-36-27(35)21(16-33)13-22(12-17-8-10-19(11-9-17)18-6-4-3-5-7-18)29-26(34)20-14-23(28)25-24(15-20)30-32-31-25/h3-11,14-15,21-22,33H,2,12-13,16H2,1H3,(H,29,34)(H,30,31,32). The maximum absolute atomic E-state index is 13.2. The summed E-state index contributed by atoms with van der Waals surface area (Å²) >= 11 is 6.27. The van der Waals surface area contributed by atoms with E-state index in [0.717, 1.165) is 16.7 Å². The Morgan fingerprint density at radius 1 is 1.08 bits per heavy atom. The SMILES string of the molecule is CCOC(=O)C(CO)CC(Cc1ccc(-c2ccccc2)cc1)NC(=O)c1cc(Cl)c2nn[nH]c2c1. The Balaban J connectivity index is 1.55. The first-order valence-corrected chi connectivity index (χ1v) is 12.1. The number of amides is 1. The summed E-state index contributed by atoms with van der Waals surface area (Å²) < 4.78 is 5.11. The second-order valence-corrected chi connectivity index (χ2v) is 8.88. The minimum Gasteiger partial charge on any atom is -0.466 e. The second-order valence-electron chi connectivity index (χ2n) is 8.47. The molecule has 3 N–H and O–H groups in total. The number of hydrogen-bond acceptors (Lipinski definition) is 6. The maximum Gasteiger partial charge on any atom is 0.311 e. The molecule has 0 bridgehead atoms. The Kier molecular flexibility index (Phi) is 8.30. The number of aromatic nitrogens is 3. The predicted octanol–water partition coefficient (Wildman–Crippen LogP) is 4.18. The average Bonchev–Trinajstić information content (AvgIpc) is 3.38. The maximum atomic E-state index is 13.2. The normalized spacial score (nSPS) is 12.8. The van der Waals surface area contributed by atoms with Gasteiger partial charge < -0.3 is 15.2 Å². The van der Waals surface area contributed by atoms with Gasteiger partial charge in [0.25, 0.3) is 5.91 Å². The summed E-state index contributed by atoms with van der Waals surface area (Å²) in [4.78, 5) is 25.5. The molecule has 186 valence electrons. The molecule has 0 saturated carbocycles. The number of nitrogens with zero attached hydrogens (tertiary/aromatic N) is 2. The van der Waals surface area contributed by atoms with E-state index in [4.69, 9.17) is 16.3 Å². The van der Waals surface area contributed by atoms with E-state index in [1.165, 1.54) is 6.07 Å². The van der Waals surface area contributed by atoms with Crippen molar-refractivity contribution in [1.82, 2.24) is 20.7 Å². The molecule has 0 aliphatic rings. The average molecular weight is 507 g/mol. The minimum absolute atomic E-state index is 0.211. The quantitative estimate of drug-likeness (QED) is 0.278. The molecule has 8 nitrogen and oxygen atoms in total. The molecule has 0 fully saturated rings.